The number of amides is 1. The second-order valence-corrected chi connectivity index (χ2v) is 6.24. The van der Waals surface area contributed by atoms with Crippen molar-refractivity contribution in [3.05, 3.63) is 47.3 Å². The van der Waals surface area contributed by atoms with E-state index in [0.717, 1.165) is 38.8 Å². The van der Waals surface area contributed by atoms with Crippen LogP contribution in [-0.4, -0.2) is 40.5 Å². The van der Waals surface area contributed by atoms with E-state index in [1.165, 1.54) is 11.1 Å². The zero-order valence-electron chi connectivity index (χ0n) is 14.6. The molecule has 0 atom stereocenters. The summed E-state index contributed by atoms with van der Waals surface area (Å²) in [6.45, 7) is 4.72. The van der Waals surface area contributed by atoms with Gasteiger partial charge in [-0.3, -0.25) is 4.79 Å². The number of benzene rings is 1. The minimum Gasteiger partial charge on any atom is -0.350 e. The van der Waals surface area contributed by atoms with E-state index < -0.39 is 0 Å². The number of nitrogens with one attached hydrogen (secondary N) is 2. The van der Waals surface area contributed by atoms with E-state index in [9.17, 15) is 4.79 Å². The number of nitrogens with zero attached hydrogens (tertiary/aromatic N) is 3. The molecule has 3 rings (SSSR count). The van der Waals surface area contributed by atoms with Gasteiger partial charge in [0.15, 0.2) is 5.69 Å². The lowest BCUT2D eigenvalue weighted by molar-refractivity contribution is 0.0949. The molecule has 1 aromatic carbocycles. The standard InChI is InChI=1S/C18H25N5O.ClH/c1-2-14-3-5-15(6-4-14)7-12-20-18(24)17-13-23(22-21-17)16-8-10-19-11-9-16;/h3-6,13,16,19H,2,7-12H2,1H3,(H,20,24);1H. The topological polar surface area (TPSA) is 71.8 Å². The highest BCUT2D eigenvalue weighted by molar-refractivity contribution is 5.91. The van der Waals surface area contributed by atoms with Gasteiger partial charge in [0.2, 0.25) is 0 Å². The predicted octanol–water partition coefficient (Wildman–Crippen LogP) is 2.16. The highest BCUT2D eigenvalue weighted by atomic mass is 35.5. The molecule has 6 nitrogen and oxygen atoms in total. The average molecular weight is 364 g/mol. The molecular weight excluding hydrogens is 338 g/mol. The van der Waals surface area contributed by atoms with Crippen LogP contribution in [-0.2, 0) is 12.8 Å². The van der Waals surface area contributed by atoms with E-state index in [4.69, 9.17) is 0 Å². The fourth-order valence-corrected chi connectivity index (χ4v) is 2.98. The number of rotatable bonds is 6. The molecule has 1 amide bonds. The van der Waals surface area contributed by atoms with Crippen molar-refractivity contribution < 1.29 is 4.79 Å². The lowest BCUT2D eigenvalue weighted by Crippen LogP contribution is -2.29. The maximum atomic E-state index is 12.2. The third-order valence-corrected chi connectivity index (χ3v) is 4.56. The first-order chi connectivity index (χ1) is 11.8. The summed E-state index contributed by atoms with van der Waals surface area (Å²) >= 11 is 0. The molecule has 2 heterocycles. The summed E-state index contributed by atoms with van der Waals surface area (Å²) in [6, 6.07) is 8.87. The zero-order valence-corrected chi connectivity index (χ0v) is 15.4. The molecule has 7 heteroatoms. The van der Waals surface area contributed by atoms with Crippen molar-refractivity contribution in [2.24, 2.45) is 0 Å². The molecule has 25 heavy (non-hydrogen) atoms. The Labute approximate surface area is 154 Å². The number of piperidine rings is 1. The fourth-order valence-electron chi connectivity index (χ4n) is 2.98. The van der Waals surface area contributed by atoms with Crippen molar-refractivity contribution in [3.8, 4) is 0 Å². The molecular formula is C18H26ClN5O. The van der Waals surface area contributed by atoms with Crippen molar-refractivity contribution in [2.75, 3.05) is 19.6 Å². The first-order valence-electron chi connectivity index (χ1n) is 8.75. The Balaban J connectivity index is 0.00000225. The second kappa shape index (κ2) is 9.53. The smallest absolute Gasteiger partial charge is 0.273 e. The molecule has 1 aromatic heterocycles. The average Bonchev–Trinajstić information content (AvgIpc) is 3.13. The minimum absolute atomic E-state index is 0. The number of aryl methyl sites for hydroxylation is 1. The van der Waals surface area contributed by atoms with Crippen LogP contribution < -0.4 is 10.6 Å². The zero-order chi connectivity index (χ0) is 16.8. The van der Waals surface area contributed by atoms with Gasteiger partial charge in [-0.25, -0.2) is 4.68 Å². The van der Waals surface area contributed by atoms with Crippen molar-refractivity contribution in [3.63, 3.8) is 0 Å². The first kappa shape index (κ1) is 19.4. The molecule has 2 aromatic rings. The van der Waals surface area contributed by atoms with E-state index in [1.807, 2.05) is 4.68 Å². The number of aromatic nitrogens is 3. The van der Waals surface area contributed by atoms with Gasteiger partial charge >= 0.3 is 0 Å². The van der Waals surface area contributed by atoms with Crippen LogP contribution in [0.25, 0.3) is 0 Å². The van der Waals surface area contributed by atoms with Crippen molar-refractivity contribution in [1.82, 2.24) is 25.6 Å². The van der Waals surface area contributed by atoms with E-state index in [2.05, 4.69) is 52.1 Å². The molecule has 0 bridgehead atoms. The van der Waals surface area contributed by atoms with Crippen LogP contribution in [0, 0.1) is 0 Å². The van der Waals surface area contributed by atoms with Crippen LogP contribution in [0.1, 0.15) is 47.4 Å². The minimum atomic E-state index is -0.152. The van der Waals surface area contributed by atoms with Crippen LogP contribution in [0.4, 0.5) is 0 Å². The first-order valence-corrected chi connectivity index (χ1v) is 8.75. The van der Waals surface area contributed by atoms with Gasteiger partial charge in [-0.1, -0.05) is 36.4 Å². The summed E-state index contributed by atoms with van der Waals surface area (Å²) in [5, 5.41) is 14.4. The number of carbonyl (C=O) groups excluding carboxylic acids is 1. The highest BCUT2D eigenvalue weighted by Gasteiger charge is 2.18. The third kappa shape index (κ3) is 5.28. The van der Waals surface area contributed by atoms with Gasteiger partial charge in [-0.2, -0.15) is 0 Å². The molecule has 0 unspecified atom stereocenters. The SMILES string of the molecule is CCc1ccc(CCNC(=O)c2cn(C3CCNCC3)nn2)cc1.Cl. The fraction of sp³-hybridized carbons (Fsp3) is 0.500. The van der Waals surface area contributed by atoms with Gasteiger partial charge in [-0.05, 0) is 49.9 Å². The molecule has 136 valence electrons. The predicted molar refractivity (Wildman–Crippen MR) is 100 cm³/mol. The molecule has 0 spiro atoms. The van der Waals surface area contributed by atoms with Gasteiger partial charge < -0.3 is 10.6 Å². The quantitative estimate of drug-likeness (QED) is 0.825. The summed E-state index contributed by atoms with van der Waals surface area (Å²) in [5.74, 6) is -0.152. The van der Waals surface area contributed by atoms with Crippen molar-refractivity contribution in [2.45, 2.75) is 38.6 Å². The van der Waals surface area contributed by atoms with Crippen LogP contribution in [0.5, 0.6) is 0 Å². The highest BCUT2D eigenvalue weighted by Crippen LogP contribution is 2.17. The van der Waals surface area contributed by atoms with Crippen LogP contribution in [0.15, 0.2) is 30.5 Å². The monoisotopic (exact) mass is 363 g/mol. The van der Waals surface area contributed by atoms with Gasteiger partial charge in [0.05, 0.1) is 12.2 Å². The number of halogens is 1. The Bertz CT molecular complexity index is 664. The molecule has 2 N–H and O–H groups in total. The summed E-state index contributed by atoms with van der Waals surface area (Å²) in [6.07, 6.45) is 5.68. The van der Waals surface area contributed by atoms with Gasteiger partial charge in [0.25, 0.3) is 5.91 Å². The normalized spacial score (nSPS) is 14.8. The Morgan fingerprint density at radius 3 is 2.60 bits per heavy atom. The van der Waals surface area contributed by atoms with Crippen molar-refractivity contribution in [1.29, 1.82) is 0 Å². The lowest BCUT2D eigenvalue weighted by atomic mass is 10.1. The van der Waals surface area contributed by atoms with Gasteiger partial charge in [0, 0.05) is 6.54 Å². The Morgan fingerprint density at radius 1 is 1.24 bits per heavy atom. The lowest BCUT2D eigenvalue weighted by Gasteiger charge is -2.22. The molecule has 1 aliphatic heterocycles. The Morgan fingerprint density at radius 2 is 1.92 bits per heavy atom. The van der Waals surface area contributed by atoms with Crippen molar-refractivity contribution >= 4 is 18.3 Å². The Kier molecular flexibility index (Phi) is 7.40. The molecule has 0 aliphatic carbocycles. The summed E-state index contributed by atoms with van der Waals surface area (Å²) in [5.41, 5.74) is 2.96. The molecule has 1 fully saturated rings. The summed E-state index contributed by atoms with van der Waals surface area (Å²) in [4.78, 5) is 12.2. The van der Waals surface area contributed by atoms with Crippen LogP contribution >= 0.6 is 12.4 Å². The summed E-state index contributed by atoms with van der Waals surface area (Å²) in [7, 11) is 0. The van der Waals surface area contributed by atoms with E-state index in [0.29, 0.717) is 18.3 Å². The maximum Gasteiger partial charge on any atom is 0.273 e. The Hall–Kier alpha value is -1.92. The maximum absolute atomic E-state index is 12.2. The van der Waals surface area contributed by atoms with E-state index in [-0.39, 0.29) is 18.3 Å². The molecule has 1 saturated heterocycles. The van der Waals surface area contributed by atoms with Crippen LogP contribution in [0.3, 0.4) is 0 Å². The van der Waals surface area contributed by atoms with Gasteiger partial charge in [-0.15, -0.1) is 17.5 Å². The second-order valence-electron chi connectivity index (χ2n) is 6.24. The number of hydrogen-bond acceptors (Lipinski definition) is 4. The molecule has 0 radical (unpaired) electrons. The largest absolute Gasteiger partial charge is 0.350 e. The van der Waals surface area contributed by atoms with E-state index >= 15 is 0 Å². The third-order valence-electron chi connectivity index (χ3n) is 4.56. The molecule has 1 aliphatic rings. The van der Waals surface area contributed by atoms with E-state index in [1.54, 1.807) is 6.20 Å². The van der Waals surface area contributed by atoms with Crippen LogP contribution in [0.2, 0.25) is 0 Å². The number of carbonyl (C=O) groups is 1. The molecule has 0 saturated carbocycles. The summed E-state index contributed by atoms with van der Waals surface area (Å²) < 4.78 is 1.83. The number of hydrogen-bond donors (Lipinski definition) is 2. The van der Waals surface area contributed by atoms with Gasteiger partial charge in [0.1, 0.15) is 0 Å².